The molecule has 6 nitrogen and oxygen atoms in total. The maximum atomic E-state index is 5.29. The summed E-state index contributed by atoms with van der Waals surface area (Å²) in [6, 6.07) is 1.79. The first-order valence-electron chi connectivity index (χ1n) is 4.15. The van der Waals surface area contributed by atoms with Crippen LogP contribution in [0.5, 0.6) is 0 Å². The Kier molecular flexibility index (Phi) is 1.88. The first-order valence-corrected chi connectivity index (χ1v) is 4.96. The van der Waals surface area contributed by atoms with Crippen LogP contribution < -0.4 is 0 Å². The van der Waals surface area contributed by atoms with Crippen LogP contribution >= 0.6 is 11.8 Å². The molecule has 15 heavy (non-hydrogen) atoms. The number of aromatic nitrogens is 5. The Labute approximate surface area is 88.1 Å². The first kappa shape index (κ1) is 8.42. The molecular weight excluding hydrogens is 214 g/mol. The second-order valence-electron chi connectivity index (χ2n) is 2.71. The summed E-state index contributed by atoms with van der Waals surface area (Å²) in [5.74, 6) is 0. The molecule has 0 fully saturated rings. The van der Waals surface area contributed by atoms with Crippen LogP contribution in [0.1, 0.15) is 0 Å². The van der Waals surface area contributed by atoms with Crippen LogP contribution in [0.15, 0.2) is 39.6 Å². The van der Waals surface area contributed by atoms with Crippen molar-refractivity contribution in [3.63, 3.8) is 0 Å². The predicted molar refractivity (Wildman–Crippen MR) is 52.3 cm³/mol. The van der Waals surface area contributed by atoms with Gasteiger partial charge in [-0.05, 0) is 11.8 Å². The highest BCUT2D eigenvalue weighted by atomic mass is 32.2. The van der Waals surface area contributed by atoms with Crippen LogP contribution in [-0.4, -0.2) is 25.1 Å². The average Bonchev–Trinajstić information content (AvgIpc) is 2.87. The summed E-state index contributed by atoms with van der Waals surface area (Å²) in [5.41, 5.74) is 1.45. The third-order valence-electron chi connectivity index (χ3n) is 1.80. The summed E-state index contributed by atoms with van der Waals surface area (Å²) in [5, 5.41) is 7.89. The summed E-state index contributed by atoms with van der Waals surface area (Å²) < 4.78 is 5.29. The third kappa shape index (κ3) is 1.46. The molecule has 0 aliphatic heterocycles. The lowest BCUT2D eigenvalue weighted by Gasteiger charge is -1.95. The summed E-state index contributed by atoms with van der Waals surface area (Å²) >= 11 is 1.35. The van der Waals surface area contributed by atoms with Gasteiger partial charge in [-0.1, -0.05) is 0 Å². The van der Waals surface area contributed by atoms with E-state index in [1.54, 1.807) is 12.3 Å². The molecule has 1 N–H and O–H groups in total. The third-order valence-corrected chi connectivity index (χ3v) is 2.67. The molecule has 3 aromatic rings. The van der Waals surface area contributed by atoms with Crippen molar-refractivity contribution in [3.05, 3.63) is 25.0 Å². The van der Waals surface area contributed by atoms with Crippen molar-refractivity contribution < 1.29 is 4.42 Å². The van der Waals surface area contributed by atoms with Gasteiger partial charge in [-0.3, -0.25) is 5.10 Å². The number of nitrogens with one attached hydrogen (secondary N) is 1. The Morgan fingerprint density at radius 2 is 2.20 bits per heavy atom. The van der Waals surface area contributed by atoms with Gasteiger partial charge in [0.05, 0.1) is 6.26 Å². The van der Waals surface area contributed by atoms with Gasteiger partial charge in [0.25, 0.3) is 0 Å². The van der Waals surface area contributed by atoms with Crippen LogP contribution in [0.4, 0.5) is 0 Å². The van der Waals surface area contributed by atoms with E-state index in [2.05, 4.69) is 25.1 Å². The first-order chi connectivity index (χ1) is 7.43. The summed E-state index contributed by atoms with van der Waals surface area (Å²) in [6.45, 7) is 0. The monoisotopic (exact) mass is 219 g/mol. The lowest BCUT2D eigenvalue weighted by molar-refractivity contribution is 0.603. The molecule has 0 unspecified atom stereocenters. The lowest BCUT2D eigenvalue weighted by atomic mass is 10.5. The Morgan fingerprint density at radius 1 is 1.20 bits per heavy atom. The van der Waals surface area contributed by atoms with Crippen LogP contribution in [0, 0.1) is 0 Å². The molecule has 74 valence electrons. The molecule has 3 aromatic heterocycles. The Morgan fingerprint density at radius 3 is 3.07 bits per heavy atom. The molecule has 0 aliphatic rings. The Balaban J connectivity index is 2.07. The molecule has 0 radical (unpaired) electrons. The molecular formula is C8H5N5OS. The quantitative estimate of drug-likeness (QED) is 0.658. The van der Waals surface area contributed by atoms with Crippen LogP contribution in [0.25, 0.3) is 11.1 Å². The number of fused-ring (bicyclic) bond motifs is 1. The number of furan rings is 1. The standard InChI is InChI=1S/C8H5N5OS/c1-2-14-6-5(1)9-3-10-7(6)15-8-11-4-12-13-8/h1-4H,(H,11,12,13). The minimum Gasteiger partial charge on any atom is -0.460 e. The minimum absolute atomic E-state index is 0.666. The highest BCUT2D eigenvalue weighted by Gasteiger charge is 2.09. The maximum Gasteiger partial charge on any atom is 0.189 e. The van der Waals surface area contributed by atoms with E-state index in [1.165, 1.54) is 24.4 Å². The van der Waals surface area contributed by atoms with Gasteiger partial charge >= 0.3 is 0 Å². The number of nitrogens with zero attached hydrogens (tertiary/aromatic N) is 4. The van der Waals surface area contributed by atoms with Crippen LogP contribution in [0.2, 0.25) is 0 Å². The fourth-order valence-corrected chi connectivity index (χ4v) is 1.90. The van der Waals surface area contributed by atoms with Gasteiger partial charge in [-0.25, -0.2) is 15.0 Å². The van der Waals surface area contributed by atoms with Gasteiger partial charge in [0.15, 0.2) is 15.8 Å². The number of hydrogen-bond donors (Lipinski definition) is 1. The van der Waals surface area contributed by atoms with E-state index in [4.69, 9.17) is 4.42 Å². The Hall–Kier alpha value is -1.89. The fraction of sp³-hybridized carbons (Fsp3) is 0. The average molecular weight is 219 g/mol. The zero-order valence-corrected chi connectivity index (χ0v) is 8.23. The SMILES string of the molecule is c1n[nH]c(Sc2ncnc3ccoc23)n1. The van der Waals surface area contributed by atoms with E-state index in [-0.39, 0.29) is 0 Å². The molecule has 0 amide bonds. The van der Waals surface area contributed by atoms with E-state index in [0.29, 0.717) is 10.7 Å². The van der Waals surface area contributed by atoms with Gasteiger partial charge in [0.1, 0.15) is 18.2 Å². The molecule has 3 rings (SSSR count). The van der Waals surface area contributed by atoms with Crippen molar-refractivity contribution in [2.75, 3.05) is 0 Å². The lowest BCUT2D eigenvalue weighted by Crippen LogP contribution is -1.84. The Bertz CT molecular complexity index is 576. The van der Waals surface area contributed by atoms with Gasteiger partial charge in [0, 0.05) is 6.07 Å². The molecule has 0 saturated carbocycles. The van der Waals surface area contributed by atoms with Gasteiger partial charge in [0.2, 0.25) is 0 Å². The smallest absolute Gasteiger partial charge is 0.189 e. The van der Waals surface area contributed by atoms with Gasteiger partial charge < -0.3 is 4.42 Å². The zero-order valence-electron chi connectivity index (χ0n) is 7.41. The molecule has 0 aromatic carbocycles. The van der Waals surface area contributed by atoms with Crippen LogP contribution in [0.3, 0.4) is 0 Å². The minimum atomic E-state index is 0.666. The molecule has 0 spiro atoms. The van der Waals surface area contributed by atoms with E-state index >= 15 is 0 Å². The predicted octanol–water partition coefficient (Wildman–Crippen LogP) is 1.49. The number of rotatable bonds is 2. The van der Waals surface area contributed by atoms with Crippen LogP contribution in [-0.2, 0) is 0 Å². The highest BCUT2D eigenvalue weighted by Crippen LogP contribution is 2.28. The topological polar surface area (TPSA) is 80.5 Å². The molecule has 3 heterocycles. The van der Waals surface area contributed by atoms with E-state index in [9.17, 15) is 0 Å². The summed E-state index contributed by atoms with van der Waals surface area (Å²) in [6.07, 6.45) is 4.53. The number of hydrogen-bond acceptors (Lipinski definition) is 6. The largest absolute Gasteiger partial charge is 0.460 e. The highest BCUT2D eigenvalue weighted by molar-refractivity contribution is 7.99. The molecule has 0 bridgehead atoms. The second kappa shape index (κ2) is 3.35. The van der Waals surface area contributed by atoms with E-state index in [1.807, 2.05) is 0 Å². The summed E-state index contributed by atoms with van der Waals surface area (Å²) in [7, 11) is 0. The number of H-pyrrole nitrogens is 1. The molecule has 7 heteroatoms. The van der Waals surface area contributed by atoms with Crippen molar-refractivity contribution in [1.29, 1.82) is 0 Å². The van der Waals surface area contributed by atoms with Gasteiger partial charge in [-0.15, -0.1) is 0 Å². The second-order valence-corrected chi connectivity index (χ2v) is 3.68. The maximum absolute atomic E-state index is 5.29. The normalized spacial score (nSPS) is 10.9. The van der Waals surface area contributed by atoms with Crippen molar-refractivity contribution in [2.24, 2.45) is 0 Å². The molecule has 0 saturated heterocycles. The van der Waals surface area contributed by atoms with E-state index in [0.717, 1.165) is 10.5 Å². The van der Waals surface area contributed by atoms with Crippen molar-refractivity contribution in [1.82, 2.24) is 25.1 Å². The number of aromatic amines is 1. The molecule has 0 aliphatic carbocycles. The molecule has 0 atom stereocenters. The van der Waals surface area contributed by atoms with E-state index < -0.39 is 0 Å². The zero-order chi connectivity index (χ0) is 10.1. The summed E-state index contributed by atoms with van der Waals surface area (Å²) in [4.78, 5) is 12.2. The van der Waals surface area contributed by atoms with Crippen molar-refractivity contribution in [3.8, 4) is 0 Å². The van der Waals surface area contributed by atoms with Crippen molar-refractivity contribution in [2.45, 2.75) is 10.2 Å². The van der Waals surface area contributed by atoms with Crippen molar-refractivity contribution >= 4 is 22.9 Å². The van der Waals surface area contributed by atoms with Gasteiger partial charge in [-0.2, -0.15) is 5.10 Å². The fourth-order valence-electron chi connectivity index (χ4n) is 1.17.